The van der Waals surface area contributed by atoms with Crippen molar-refractivity contribution in [2.75, 3.05) is 31.6 Å². The van der Waals surface area contributed by atoms with Crippen LogP contribution < -0.4 is 5.32 Å². The number of morpholine rings is 1. The third-order valence-corrected chi connectivity index (χ3v) is 5.69. The number of rotatable bonds is 4. The number of hydrogen-bond donors (Lipinski definition) is 1. The summed E-state index contributed by atoms with van der Waals surface area (Å²) in [6, 6.07) is 3.16. The molecule has 4 rings (SSSR count). The number of nitrogens with one attached hydrogen (secondary N) is 1. The second-order valence-corrected chi connectivity index (χ2v) is 7.31. The highest BCUT2D eigenvalue weighted by Gasteiger charge is 2.27. The molecule has 0 aromatic carbocycles. The van der Waals surface area contributed by atoms with Crippen molar-refractivity contribution in [3.05, 3.63) is 17.5 Å². The molecule has 3 heterocycles. The minimum Gasteiger partial charge on any atom is -0.379 e. The molecule has 2 fully saturated rings. The van der Waals surface area contributed by atoms with Gasteiger partial charge in [0.25, 0.3) is 0 Å². The standard InChI is InChI=1S/C18H26ClN5O/c1-2-23-8-7-15-16(23)17(22-18(19)21-15)20-13-3-5-14(6-4-13)24-9-11-25-12-10-24/h7-8,13-14H,2-6,9-12H2,1H3,(H,20,21,22). The summed E-state index contributed by atoms with van der Waals surface area (Å²) in [5.74, 6) is 0.872. The number of halogens is 1. The average Bonchev–Trinajstić information content (AvgIpc) is 3.06. The van der Waals surface area contributed by atoms with Gasteiger partial charge < -0.3 is 14.6 Å². The van der Waals surface area contributed by atoms with Crippen molar-refractivity contribution in [2.24, 2.45) is 0 Å². The van der Waals surface area contributed by atoms with Crippen molar-refractivity contribution < 1.29 is 4.74 Å². The Balaban J connectivity index is 1.45. The van der Waals surface area contributed by atoms with Crippen LogP contribution in [0.4, 0.5) is 5.82 Å². The lowest BCUT2D eigenvalue weighted by Crippen LogP contribution is -2.46. The molecule has 2 aliphatic rings. The maximum absolute atomic E-state index is 6.13. The topological polar surface area (TPSA) is 55.2 Å². The summed E-state index contributed by atoms with van der Waals surface area (Å²) >= 11 is 6.13. The van der Waals surface area contributed by atoms with E-state index in [1.807, 2.05) is 6.07 Å². The molecule has 0 spiro atoms. The van der Waals surface area contributed by atoms with Gasteiger partial charge in [0, 0.05) is 37.9 Å². The normalized spacial score (nSPS) is 25.4. The molecule has 1 N–H and O–H groups in total. The first-order valence-electron chi connectivity index (χ1n) is 9.35. The number of aryl methyl sites for hydroxylation is 1. The summed E-state index contributed by atoms with van der Waals surface area (Å²) in [5.41, 5.74) is 1.97. The molecule has 0 radical (unpaired) electrons. The number of nitrogens with zero attached hydrogens (tertiary/aromatic N) is 4. The lowest BCUT2D eigenvalue weighted by Gasteiger charge is -2.39. The van der Waals surface area contributed by atoms with Crippen LogP contribution in [0.1, 0.15) is 32.6 Å². The van der Waals surface area contributed by atoms with Crippen molar-refractivity contribution in [2.45, 2.75) is 51.2 Å². The van der Waals surface area contributed by atoms with Gasteiger partial charge in [0.1, 0.15) is 5.52 Å². The fraction of sp³-hybridized carbons (Fsp3) is 0.667. The largest absolute Gasteiger partial charge is 0.379 e. The maximum Gasteiger partial charge on any atom is 0.225 e. The monoisotopic (exact) mass is 363 g/mol. The molecule has 6 nitrogen and oxygen atoms in total. The Morgan fingerprint density at radius 2 is 1.96 bits per heavy atom. The quantitative estimate of drug-likeness (QED) is 0.845. The van der Waals surface area contributed by atoms with Crippen LogP contribution in [0.25, 0.3) is 11.0 Å². The smallest absolute Gasteiger partial charge is 0.225 e. The Labute approximate surface area is 153 Å². The zero-order valence-corrected chi connectivity index (χ0v) is 15.5. The minimum absolute atomic E-state index is 0.311. The van der Waals surface area contributed by atoms with Gasteiger partial charge in [-0.25, -0.2) is 4.98 Å². The van der Waals surface area contributed by atoms with Crippen LogP contribution in [0.5, 0.6) is 0 Å². The summed E-state index contributed by atoms with van der Waals surface area (Å²) in [4.78, 5) is 11.4. The van der Waals surface area contributed by atoms with Gasteiger partial charge in [-0.3, -0.25) is 4.90 Å². The van der Waals surface area contributed by atoms with Crippen molar-refractivity contribution in [1.82, 2.24) is 19.4 Å². The zero-order chi connectivity index (χ0) is 17.2. The van der Waals surface area contributed by atoms with E-state index in [4.69, 9.17) is 16.3 Å². The third kappa shape index (κ3) is 3.61. The number of fused-ring (bicyclic) bond motifs is 1. The van der Waals surface area contributed by atoms with Crippen molar-refractivity contribution >= 4 is 28.5 Å². The maximum atomic E-state index is 6.13. The summed E-state index contributed by atoms with van der Waals surface area (Å²) in [6.07, 6.45) is 6.84. The summed E-state index contributed by atoms with van der Waals surface area (Å²) < 4.78 is 7.65. The molecule has 2 aromatic heterocycles. The van der Waals surface area contributed by atoms with Gasteiger partial charge in [-0.05, 0) is 50.3 Å². The second kappa shape index (κ2) is 7.48. The number of aromatic nitrogens is 3. The Morgan fingerprint density at radius 1 is 1.20 bits per heavy atom. The van der Waals surface area contributed by atoms with Gasteiger partial charge in [0.05, 0.1) is 18.7 Å². The molecule has 0 atom stereocenters. The van der Waals surface area contributed by atoms with Crippen molar-refractivity contribution in [3.63, 3.8) is 0 Å². The van der Waals surface area contributed by atoms with Gasteiger partial charge in [-0.15, -0.1) is 0 Å². The van der Waals surface area contributed by atoms with E-state index in [1.54, 1.807) is 0 Å². The third-order valence-electron chi connectivity index (χ3n) is 5.52. The molecule has 1 aliphatic heterocycles. The molecule has 1 saturated carbocycles. The number of ether oxygens (including phenoxy) is 1. The van der Waals surface area contributed by atoms with E-state index in [0.717, 1.165) is 62.5 Å². The van der Waals surface area contributed by atoms with E-state index >= 15 is 0 Å². The predicted octanol–water partition coefficient (Wildman–Crippen LogP) is 3.16. The Kier molecular flexibility index (Phi) is 5.10. The molecular weight excluding hydrogens is 338 g/mol. The average molecular weight is 364 g/mol. The minimum atomic E-state index is 0.311. The molecule has 1 aliphatic carbocycles. The van der Waals surface area contributed by atoms with Gasteiger partial charge >= 0.3 is 0 Å². The molecule has 1 saturated heterocycles. The first-order chi connectivity index (χ1) is 12.2. The highest BCUT2D eigenvalue weighted by atomic mass is 35.5. The lowest BCUT2D eigenvalue weighted by atomic mass is 9.90. The molecule has 0 bridgehead atoms. The van der Waals surface area contributed by atoms with Gasteiger partial charge in [0.2, 0.25) is 5.28 Å². The molecular formula is C18H26ClN5O. The number of anilines is 1. The van der Waals surface area contributed by atoms with Crippen molar-refractivity contribution in [3.8, 4) is 0 Å². The molecule has 25 heavy (non-hydrogen) atoms. The lowest BCUT2D eigenvalue weighted by molar-refractivity contribution is 0.00791. The van der Waals surface area contributed by atoms with Crippen LogP contribution in [0, 0.1) is 0 Å². The van der Waals surface area contributed by atoms with E-state index in [2.05, 4.69) is 37.9 Å². The first kappa shape index (κ1) is 17.1. The van der Waals surface area contributed by atoms with Gasteiger partial charge in [-0.1, -0.05) is 0 Å². The zero-order valence-electron chi connectivity index (χ0n) is 14.7. The molecule has 0 amide bonds. The Morgan fingerprint density at radius 3 is 2.68 bits per heavy atom. The Bertz CT molecular complexity index is 720. The van der Waals surface area contributed by atoms with Gasteiger partial charge in [0.15, 0.2) is 5.82 Å². The van der Waals surface area contributed by atoms with Crippen LogP contribution in [0.15, 0.2) is 12.3 Å². The second-order valence-electron chi connectivity index (χ2n) is 6.97. The first-order valence-corrected chi connectivity index (χ1v) is 9.73. The predicted molar refractivity (Wildman–Crippen MR) is 100 cm³/mol. The van der Waals surface area contributed by atoms with E-state index in [-0.39, 0.29) is 0 Å². The van der Waals surface area contributed by atoms with Crippen LogP contribution in [0.2, 0.25) is 5.28 Å². The molecule has 0 unspecified atom stereocenters. The fourth-order valence-electron chi connectivity index (χ4n) is 4.16. The molecule has 7 heteroatoms. The van der Waals surface area contributed by atoms with Crippen LogP contribution in [0.3, 0.4) is 0 Å². The van der Waals surface area contributed by atoms with Crippen LogP contribution in [-0.4, -0.2) is 57.8 Å². The Hall–Kier alpha value is -1.37. The van der Waals surface area contributed by atoms with Crippen LogP contribution >= 0.6 is 11.6 Å². The highest BCUT2D eigenvalue weighted by Crippen LogP contribution is 2.29. The van der Waals surface area contributed by atoms with E-state index in [9.17, 15) is 0 Å². The summed E-state index contributed by atoms with van der Waals surface area (Å²) in [7, 11) is 0. The fourth-order valence-corrected chi connectivity index (χ4v) is 4.34. The summed E-state index contributed by atoms with van der Waals surface area (Å²) in [5, 5.41) is 3.96. The van der Waals surface area contributed by atoms with E-state index in [1.165, 1.54) is 12.8 Å². The van der Waals surface area contributed by atoms with Gasteiger partial charge in [-0.2, -0.15) is 4.98 Å². The SMILES string of the molecule is CCn1ccc2nc(Cl)nc(NC3CCC(N4CCOCC4)CC3)c21. The molecule has 136 valence electrons. The van der Waals surface area contributed by atoms with E-state index < -0.39 is 0 Å². The number of hydrogen-bond acceptors (Lipinski definition) is 5. The van der Waals surface area contributed by atoms with Crippen LogP contribution in [-0.2, 0) is 11.3 Å². The van der Waals surface area contributed by atoms with E-state index in [0.29, 0.717) is 17.4 Å². The van der Waals surface area contributed by atoms with Crippen molar-refractivity contribution in [1.29, 1.82) is 0 Å². The highest BCUT2D eigenvalue weighted by molar-refractivity contribution is 6.28. The summed E-state index contributed by atoms with van der Waals surface area (Å²) in [6.45, 7) is 6.94. The molecule has 2 aromatic rings.